The zero-order chi connectivity index (χ0) is 24.0. The molecule has 2 aromatic heterocycles. The summed E-state index contributed by atoms with van der Waals surface area (Å²) in [7, 11) is 1.62. The van der Waals surface area contributed by atoms with Gasteiger partial charge in [0.15, 0.2) is 0 Å². The van der Waals surface area contributed by atoms with Gasteiger partial charge in [-0.3, -0.25) is 9.78 Å². The minimum absolute atomic E-state index is 0.0442. The van der Waals surface area contributed by atoms with E-state index in [-0.39, 0.29) is 29.4 Å². The fourth-order valence-corrected chi connectivity index (χ4v) is 5.98. The lowest BCUT2D eigenvalue weighted by molar-refractivity contribution is -0.0441. The van der Waals surface area contributed by atoms with Crippen LogP contribution in [0.1, 0.15) is 60.9 Å². The van der Waals surface area contributed by atoms with Crippen LogP contribution in [0.5, 0.6) is 6.01 Å². The number of ether oxygens (including phenoxy) is 2. The summed E-state index contributed by atoms with van der Waals surface area (Å²) < 4.78 is 11.1. The second-order valence-corrected chi connectivity index (χ2v) is 10.5. The van der Waals surface area contributed by atoms with Gasteiger partial charge in [-0.2, -0.15) is 15.0 Å². The van der Waals surface area contributed by atoms with Gasteiger partial charge in [-0.05, 0) is 68.1 Å². The fourth-order valence-electron chi connectivity index (χ4n) is 5.98. The summed E-state index contributed by atoms with van der Waals surface area (Å²) in [5, 5.41) is 3.16. The first-order chi connectivity index (χ1) is 17.0. The van der Waals surface area contributed by atoms with Gasteiger partial charge >= 0.3 is 6.01 Å². The van der Waals surface area contributed by atoms with Gasteiger partial charge in [-0.25, -0.2) is 0 Å². The molecule has 9 nitrogen and oxygen atoms in total. The van der Waals surface area contributed by atoms with Gasteiger partial charge in [0, 0.05) is 38.4 Å². The lowest BCUT2D eigenvalue weighted by Gasteiger charge is -2.61. The number of carbonyl (C=O) groups excluding carboxylic acids is 1. The first-order valence-corrected chi connectivity index (χ1v) is 12.7. The van der Waals surface area contributed by atoms with Gasteiger partial charge in [0.05, 0.1) is 12.3 Å². The molecule has 0 aromatic carbocycles. The quantitative estimate of drug-likeness (QED) is 0.621. The Hall–Kier alpha value is -3.07. The minimum Gasteiger partial charge on any atom is -0.458 e. The van der Waals surface area contributed by atoms with E-state index in [1.807, 2.05) is 19.2 Å². The summed E-state index contributed by atoms with van der Waals surface area (Å²) in [6.45, 7) is 3.91. The molecular formula is C26H32N6O3. The number of aromatic nitrogens is 4. The molecule has 4 fully saturated rings. The molecule has 35 heavy (non-hydrogen) atoms. The Morgan fingerprint density at radius 2 is 2.03 bits per heavy atom. The highest BCUT2D eigenvalue weighted by molar-refractivity contribution is 5.91. The van der Waals surface area contributed by atoms with E-state index < -0.39 is 0 Å². The van der Waals surface area contributed by atoms with Crippen molar-refractivity contribution in [3.63, 3.8) is 0 Å². The summed E-state index contributed by atoms with van der Waals surface area (Å²) in [5.41, 5.74) is 3.84. The number of allylic oxidation sites excluding steroid dienone is 2. The number of piperidine rings is 1. The second-order valence-electron chi connectivity index (χ2n) is 10.5. The van der Waals surface area contributed by atoms with Crippen molar-refractivity contribution in [3.8, 4) is 6.01 Å². The molecule has 1 N–H and O–H groups in total. The summed E-state index contributed by atoms with van der Waals surface area (Å²) in [4.78, 5) is 33.2. The van der Waals surface area contributed by atoms with E-state index in [1.165, 1.54) is 16.8 Å². The number of anilines is 1. The number of fused-ring (bicyclic) bond motifs is 1. The number of hydrogen-bond donors (Lipinski definition) is 1. The highest BCUT2D eigenvalue weighted by Gasteiger charge is 2.57. The van der Waals surface area contributed by atoms with Gasteiger partial charge in [-0.15, -0.1) is 0 Å². The van der Waals surface area contributed by atoms with E-state index in [2.05, 4.69) is 42.3 Å². The fraction of sp³-hybridized carbons (Fsp3) is 0.577. The van der Waals surface area contributed by atoms with E-state index in [0.29, 0.717) is 18.5 Å². The van der Waals surface area contributed by atoms with Crippen LogP contribution < -0.4 is 15.0 Å². The second kappa shape index (κ2) is 8.86. The van der Waals surface area contributed by atoms with Crippen molar-refractivity contribution in [1.82, 2.24) is 25.3 Å². The van der Waals surface area contributed by atoms with Crippen molar-refractivity contribution in [1.29, 1.82) is 0 Å². The normalized spacial score (nSPS) is 25.7. The number of carbonyl (C=O) groups is 1. The molecule has 5 aliphatic rings. The molecule has 1 aliphatic heterocycles. The molecule has 1 amide bonds. The third kappa shape index (κ3) is 4.26. The molecular weight excluding hydrogens is 444 g/mol. The highest BCUT2D eigenvalue weighted by Crippen LogP contribution is 2.57. The number of nitrogens with zero attached hydrogens (tertiary/aromatic N) is 5. The third-order valence-electron chi connectivity index (χ3n) is 7.87. The lowest BCUT2D eigenvalue weighted by atomic mass is 9.50. The van der Waals surface area contributed by atoms with Crippen molar-refractivity contribution in [2.45, 2.75) is 57.1 Å². The Labute approximate surface area is 205 Å². The number of amides is 1. The van der Waals surface area contributed by atoms with Gasteiger partial charge in [0.2, 0.25) is 11.8 Å². The van der Waals surface area contributed by atoms with Crippen molar-refractivity contribution in [3.05, 3.63) is 41.5 Å². The van der Waals surface area contributed by atoms with Gasteiger partial charge in [0.25, 0.3) is 5.91 Å². The maximum absolute atomic E-state index is 13.0. The van der Waals surface area contributed by atoms with Crippen LogP contribution in [0, 0.1) is 11.8 Å². The average Bonchev–Trinajstić information content (AvgIpc) is 3.25. The molecule has 4 aliphatic carbocycles. The Balaban J connectivity index is 1.18. The first kappa shape index (κ1) is 22.4. The number of methoxy groups -OCH3 is 1. The summed E-state index contributed by atoms with van der Waals surface area (Å²) in [6, 6.07) is 4.37. The van der Waals surface area contributed by atoms with Crippen molar-refractivity contribution < 1.29 is 14.3 Å². The van der Waals surface area contributed by atoms with E-state index >= 15 is 0 Å². The van der Waals surface area contributed by atoms with Crippen LogP contribution >= 0.6 is 0 Å². The molecule has 9 heteroatoms. The van der Waals surface area contributed by atoms with Crippen LogP contribution in [0.15, 0.2) is 24.4 Å². The summed E-state index contributed by atoms with van der Waals surface area (Å²) in [5.74, 6) is 1.65. The monoisotopic (exact) mass is 476 g/mol. The van der Waals surface area contributed by atoms with E-state index in [0.717, 1.165) is 57.5 Å². The Bertz CT molecular complexity index is 1140. The van der Waals surface area contributed by atoms with Crippen molar-refractivity contribution >= 4 is 17.4 Å². The first-order valence-electron chi connectivity index (χ1n) is 12.7. The van der Waals surface area contributed by atoms with Crippen LogP contribution in [0.25, 0.3) is 5.57 Å². The standard InChI is InChI=1S/C26H32N6O3/c1-16(15-34-2)35-25-29-22(23(33)31-26-12-17(13-26)14-26)28-24(30-25)32-10-7-18(8-11-32)19-5-6-21-20(19)4-3-9-27-21/h3-5,9,16-18H,6-8,10-15H2,1-2H3,(H,31,33)/t16-,17?,26?/m1/s1. The van der Waals surface area contributed by atoms with Crippen LogP contribution in [-0.4, -0.2) is 64.3 Å². The van der Waals surface area contributed by atoms with Crippen molar-refractivity contribution in [2.75, 3.05) is 31.7 Å². The maximum atomic E-state index is 13.0. The number of hydrogen-bond acceptors (Lipinski definition) is 8. The molecule has 7 rings (SSSR count). The smallest absolute Gasteiger partial charge is 0.322 e. The molecule has 1 atom stereocenters. The third-order valence-corrected chi connectivity index (χ3v) is 7.87. The SMILES string of the molecule is COC[C@@H](C)Oc1nc(C(=O)NC23CC(C2)C3)nc(N2CCC(C3=CCc4ncccc43)CC2)n1. The lowest BCUT2D eigenvalue weighted by Crippen LogP contribution is -2.68. The molecule has 0 spiro atoms. The maximum Gasteiger partial charge on any atom is 0.322 e. The van der Waals surface area contributed by atoms with Gasteiger partial charge in [-0.1, -0.05) is 12.1 Å². The summed E-state index contributed by atoms with van der Waals surface area (Å²) in [6.07, 6.45) is 10.1. The summed E-state index contributed by atoms with van der Waals surface area (Å²) >= 11 is 0. The largest absolute Gasteiger partial charge is 0.458 e. The number of nitrogens with one attached hydrogen (secondary N) is 1. The van der Waals surface area contributed by atoms with E-state index in [1.54, 1.807) is 7.11 Å². The molecule has 3 heterocycles. The molecule has 184 valence electrons. The topological polar surface area (TPSA) is 102 Å². The molecule has 0 radical (unpaired) electrons. The van der Waals surface area contributed by atoms with Crippen LogP contribution in [-0.2, 0) is 11.2 Å². The molecule has 1 saturated heterocycles. The van der Waals surface area contributed by atoms with Crippen molar-refractivity contribution in [2.24, 2.45) is 11.8 Å². The van der Waals surface area contributed by atoms with E-state index in [9.17, 15) is 4.79 Å². The van der Waals surface area contributed by atoms with E-state index in [4.69, 9.17) is 9.47 Å². The molecule has 3 saturated carbocycles. The Morgan fingerprint density at radius 3 is 2.74 bits per heavy atom. The van der Waals surface area contributed by atoms with Crippen LogP contribution in [0.2, 0.25) is 0 Å². The zero-order valence-electron chi connectivity index (χ0n) is 20.4. The van der Waals surface area contributed by atoms with Crippen LogP contribution in [0.4, 0.5) is 5.95 Å². The predicted molar refractivity (Wildman–Crippen MR) is 130 cm³/mol. The van der Waals surface area contributed by atoms with Gasteiger partial charge < -0.3 is 19.7 Å². The Kier molecular flexibility index (Phi) is 5.67. The minimum atomic E-state index is -0.244. The van der Waals surface area contributed by atoms with Crippen LogP contribution in [0.3, 0.4) is 0 Å². The number of rotatable bonds is 8. The predicted octanol–water partition coefficient (Wildman–Crippen LogP) is 2.82. The molecule has 2 bridgehead atoms. The van der Waals surface area contributed by atoms with Gasteiger partial charge in [0.1, 0.15) is 6.10 Å². The molecule has 2 aromatic rings. The zero-order valence-corrected chi connectivity index (χ0v) is 20.4. The Morgan fingerprint density at radius 1 is 1.23 bits per heavy atom. The highest BCUT2D eigenvalue weighted by atomic mass is 16.5. The molecule has 0 unspecified atom stereocenters. The average molecular weight is 477 g/mol. The number of pyridine rings is 1.